The van der Waals surface area contributed by atoms with Crippen molar-refractivity contribution in [3.05, 3.63) is 35.5 Å². The van der Waals surface area contributed by atoms with Crippen molar-refractivity contribution in [3.63, 3.8) is 0 Å². The Hall–Kier alpha value is -2.54. The van der Waals surface area contributed by atoms with Crippen molar-refractivity contribution in [2.75, 3.05) is 0 Å². The van der Waals surface area contributed by atoms with Gasteiger partial charge in [0.2, 0.25) is 0 Å². The van der Waals surface area contributed by atoms with Gasteiger partial charge >= 0.3 is 11.9 Å². The molecule has 1 saturated carbocycles. The lowest BCUT2D eigenvalue weighted by Crippen LogP contribution is -2.65. The van der Waals surface area contributed by atoms with Crippen molar-refractivity contribution in [1.82, 2.24) is 0 Å². The summed E-state index contributed by atoms with van der Waals surface area (Å²) in [4.78, 5) is 52.4. The molecule has 170 valence electrons. The van der Waals surface area contributed by atoms with Gasteiger partial charge in [-0.1, -0.05) is 19.6 Å². The smallest absolute Gasteiger partial charge is 0.331 e. The summed E-state index contributed by atoms with van der Waals surface area (Å²) in [6.07, 6.45) is 3.73. The second-order valence-electron chi connectivity index (χ2n) is 10.6. The molecule has 0 N–H and O–H groups in total. The van der Waals surface area contributed by atoms with Crippen LogP contribution in [0.15, 0.2) is 35.5 Å². The lowest BCUT2D eigenvalue weighted by molar-refractivity contribution is -0.186. The summed E-state index contributed by atoms with van der Waals surface area (Å²) >= 11 is 0. The Bertz CT molecular complexity index is 1110. The molecule has 32 heavy (non-hydrogen) atoms. The van der Waals surface area contributed by atoms with Gasteiger partial charge < -0.3 is 14.2 Å². The second-order valence-corrected chi connectivity index (χ2v) is 10.6. The van der Waals surface area contributed by atoms with Gasteiger partial charge in [0.1, 0.15) is 17.1 Å². The number of esters is 2. The fraction of sp³-hybridized carbons (Fsp3) is 0.600. The average molecular weight is 440 g/mol. The first-order valence-electron chi connectivity index (χ1n) is 11.0. The van der Waals surface area contributed by atoms with Crippen molar-refractivity contribution >= 4 is 24.0 Å². The van der Waals surface area contributed by atoms with Crippen LogP contribution in [0.3, 0.4) is 0 Å². The van der Waals surface area contributed by atoms with E-state index in [2.05, 4.69) is 6.58 Å². The standard InChI is InChI=1S/C25H28O7/c1-13-14(2)24-19(29)30-16(4)25(24,18(13)28)32-23(12-26)15(3)22(11-10-21(23,24)7)9-8-17(27)31-20(22,5)6/h8-9,12,16H,3,10-11H2,1-2,4-7H3/t16-,21+,22+,23-,24+,25-/m1/s1. The van der Waals surface area contributed by atoms with E-state index in [-0.39, 0.29) is 5.78 Å². The number of fused-ring (bicyclic) bond motifs is 1. The Labute approximate surface area is 186 Å². The fourth-order valence-corrected chi connectivity index (χ4v) is 7.76. The summed E-state index contributed by atoms with van der Waals surface area (Å²) in [6, 6.07) is 0. The van der Waals surface area contributed by atoms with Crippen molar-refractivity contribution in [2.45, 2.75) is 77.3 Å². The van der Waals surface area contributed by atoms with Crippen LogP contribution in [0.25, 0.3) is 0 Å². The summed E-state index contributed by atoms with van der Waals surface area (Å²) in [5.41, 5.74) is -6.26. The van der Waals surface area contributed by atoms with E-state index in [9.17, 15) is 19.2 Å². The number of cyclic esters (lactones) is 2. The molecule has 0 bridgehead atoms. The maximum atomic E-state index is 13.7. The Morgan fingerprint density at radius 2 is 1.78 bits per heavy atom. The highest BCUT2D eigenvalue weighted by Crippen LogP contribution is 2.79. The van der Waals surface area contributed by atoms with E-state index >= 15 is 0 Å². The van der Waals surface area contributed by atoms with E-state index in [1.807, 2.05) is 6.92 Å². The van der Waals surface area contributed by atoms with Crippen LogP contribution in [0.5, 0.6) is 0 Å². The lowest BCUT2D eigenvalue weighted by Gasteiger charge is -2.59. The fourth-order valence-electron chi connectivity index (χ4n) is 7.76. The molecule has 7 nitrogen and oxygen atoms in total. The Morgan fingerprint density at radius 1 is 1.12 bits per heavy atom. The summed E-state index contributed by atoms with van der Waals surface area (Å²) in [6.45, 7) is 14.8. The molecule has 2 saturated heterocycles. The first kappa shape index (κ1) is 21.3. The minimum absolute atomic E-state index is 0.322. The molecule has 5 rings (SSSR count). The number of rotatable bonds is 1. The zero-order valence-electron chi connectivity index (χ0n) is 19.3. The Kier molecular flexibility index (Phi) is 3.66. The van der Waals surface area contributed by atoms with E-state index in [4.69, 9.17) is 14.2 Å². The van der Waals surface area contributed by atoms with Gasteiger partial charge in [0, 0.05) is 11.5 Å². The molecule has 3 aliphatic heterocycles. The third kappa shape index (κ3) is 1.63. The number of ketones is 1. The molecule has 0 aromatic rings. The van der Waals surface area contributed by atoms with Gasteiger partial charge in [0.25, 0.3) is 0 Å². The van der Waals surface area contributed by atoms with Gasteiger partial charge in [-0.3, -0.25) is 14.4 Å². The van der Waals surface area contributed by atoms with Crippen LogP contribution in [-0.4, -0.2) is 46.9 Å². The molecule has 0 aromatic carbocycles. The second kappa shape index (κ2) is 5.50. The molecule has 6 atom stereocenters. The van der Waals surface area contributed by atoms with E-state index < -0.39 is 51.1 Å². The maximum absolute atomic E-state index is 13.7. The number of Topliss-reactive ketones (excluding diaryl/α,β-unsaturated/α-hetero) is 1. The summed E-state index contributed by atoms with van der Waals surface area (Å²) in [5.74, 6) is -1.33. The first-order valence-corrected chi connectivity index (χ1v) is 11.0. The highest BCUT2D eigenvalue weighted by Gasteiger charge is 2.92. The molecule has 7 heteroatoms. The van der Waals surface area contributed by atoms with Crippen molar-refractivity contribution in [1.29, 1.82) is 0 Å². The highest BCUT2D eigenvalue weighted by atomic mass is 16.6. The Morgan fingerprint density at radius 3 is 2.38 bits per heavy atom. The van der Waals surface area contributed by atoms with Crippen LogP contribution in [0.4, 0.5) is 0 Å². The third-order valence-corrected chi connectivity index (χ3v) is 9.60. The first-order chi connectivity index (χ1) is 14.8. The predicted molar refractivity (Wildman–Crippen MR) is 112 cm³/mol. The molecular weight excluding hydrogens is 412 g/mol. The van der Waals surface area contributed by atoms with Gasteiger partial charge in [0.05, 0.1) is 5.41 Å². The summed E-state index contributed by atoms with van der Waals surface area (Å²) < 4.78 is 18.0. The van der Waals surface area contributed by atoms with Gasteiger partial charge in [-0.25, -0.2) is 4.79 Å². The zero-order chi connectivity index (χ0) is 23.7. The largest absolute Gasteiger partial charge is 0.458 e. The summed E-state index contributed by atoms with van der Waals surface area (Å²) in [7, 11) is 0. The van der Waals surface area contributed by atoms with Crippen LogP contribution < -0.4 is 0 Å². The van der Waals surface area contributed by atoms with Crippen molar-refractivity contribution in [2.24, 2.45) is 16.2 Å². The number of carbonyl (C=O) groups excluding carboxylic acids is 4. The van der Waals surface area contributed by atoms with E-state index in [0.717, 1.165) is 0 Å². The molecule has 3 fully saturated rings. The van der Waals surface area contributed by atoms with Gasteiger partial charge in [0.15, 0.2) is 23.3 Å². The van der Waals surface area contributed by atoms with Gasteiger partial charge in [-0.05, 0) is 64.2 Å². The predicted octanol–water partition coefficient (Wildman–Crippen LogP) is 2.78. The van der Waals surface area contributed by atoms with Crippen LogP contribution in [0, 0.1) is 16.2 Å². The minimum atomic E-state index is -1.65. The topological polar surface area (TPSA) is 96.0 Å². The van der Waals surface area contributed by atoms with Gasteiger partial charge in [-0.2, -0.15) is 0 Å². The molecule has 0 aromatic heterocycles. The number of carbonyl (C=O) groups is 4. The lowest BCUT2D eigenvalue weighted by atomic mass is 9.43. The Balaban J connectivity index is 1.83. The molecule has 0 amide bonds. The molecule has 2 aliphatic carbocycles. The molecule has 0 radical (unpaired) electrons. The van der Waals surface area contributed by atoms with E-state index in [0.29, 0.717) is 35.8 Å². The van der Waals surface area contributed by atoms with Crippen molar-refractivity contribution < 1.29 is 33.4 Å². The quantitative estimate of drug-likeness (QED) is 0.351. The number of aldehydes is 1. The van der Waals surface area contributed by atoms with E-state index in [1.165, 1.54) is 6.08 Å². The number of hydrogen-bond donors (Lipinski definition) is 0. The molecule has 1 spiro atoms. The highest BCUT2D eigenvalue weighted by molar-refractivity contribution is 6.15. The zero-order valence-corrected chi connectivity index (χ0v) is 19.3. The number of hydrogen-bond acceptors (Lipinski definition) is 7. The molecule has 3 heterocycles. The average Bonchev–Trinajstić information content (AvgIpc) is 3.16. The normalized spacial score (nSPS) is 48.5. The van der Waals surface area contributed by atoms with E-state index in [1.54, 1.807) is 40.7 Å². The van der Waals surface area contributed by atoms with Crippen molar-refractivity contribution in [3.8, 4) is 0 Å². The molecular formula is C25H28O7. The van der Waals surface area contributed by atoms with Crippen LogP contribution >= 0.6 is 0 Å². The monoisotopic (exact) mass is 440 g/mol. The third-order valence-electron chi connectivity index (χ3n) is 9.60. The maximum Gasteiger partial charge on any atom is 0.331 e. The molecule has 5 aliphatic rings. The summed E-state index contributed by atoms with van der Waals surface area (Å²) in [5, 5.41) is 0. The van der Waals surface area contributed by atoms with Crippen LogP contribution in [-0.2, 0) is 33.4 Å². The number of ether oxygens (including phenoxy) is 3. The van der Waals surface area contributed by atoms with Crippen LogP contribution in [0.1, 0.15) is 54.4 Å². The van der Waals surface area contributed by atoms with Crippen LogP contribution in [0.2, 0.25) is 0 Å². The minimum Gasteiger partial charge on any atom is -0.458 e. The molecule has 0 unspecified atom stereocenters. The SMILES string of the molecule is C=C1[C@]2(C=CC(=O)OC2(C)C)CC[C@]2(C)[C@]34C(=O)O[C@H](C)[C@@]3(O[C@]12C=O)C(=O)C(C)=C4C. The van der Waals surface area contributed by atoms with Gasteiger partial charge in [-0.15, -0.1) is 0 Å².